The maximum atomic E-state index is 13.4. The molecule has 0 aromatic heterocycles. The van der Waals surface area contributed by atoms with Crippen LogP contribution >= 0.6 is 0 Å². The van der Waals surface area contributed by atoms with Gasteiger partial charge in [-0.1, -0.05) is 13.8 Å². The number of rotatable bonds is 15. The molecule has 0 radical (unpaired) electrons. The Balaban J connectivity index is 2.19. The van der Waals surface area contributed by atoms with E-state index in [1.807, 2.05) is 0 Å². The summed E-state index contributed by atoms with van der Waals surface area (Å²) in [5.74, 6) is -3.85. The van der Waals surface area contributed by atoms with Crippen LogP contribution < -0.4 is 38.1 Å². The quantitative estimate of drug-likeness (QED) is 0.0954. The lowest BCUT2D eigenvalue weighted by Crippen LogP contribution is -2.64. The van der Waals surface area contributed by atoms with Crippen LogP contribution in [0.5, 0.6) is 0 Å². The lowest BCUT2D eigenvalue weighted by molar-refractivity contribution is -0.139. The van der Waals surface area contributed by atoms with Gasteiger partial charge in [0.2, 0.25) is 17.7 Å². The molecule has 2 heterocycles. The van der Waals surface area contributed by atoms with Crippen LogP contribution in [-0.2, 0) is 28.7 Å². The summed E-state index contributed by atoms with van der Waals surface area (Å²) in [6.07, 6.45) is -0.593. The Bertz CT molecular complexity index is 983. The Labute approximate surface area is 225 Å². The molecule has 6 atom stereocenters. The van der Waals surface area contributed by atoms with E-state index in [0.717, 1.165) is 0 Å². The molecule has 0 aromatic rings. The molecule has 0 spiro atoms. The lowest BCUT2D eigenvalue weighted by atomic mass is 10.0. The summed E-state index contributed by atoms with van der Waals surface area (Å²) in [4.78, 5) is 78.3. The molecule has 2 aliphatic heterocycles. The number of carboxylic acid groups (broad SMARTS) is 1. The monoisotopic (exact) mass is 554 g/mol. The highest BCUT2D eigenvalue weighted by molar-refractivity contribution is 5.97. The third-order valence-corrected chi connectivity index (χ3v) is 6.09. The molecule has 10 N–H and O–H groups in total. The van der Waals surface area contributed by atoms with E-state index < -0.39 is 66.0 Å². The van der Waals surface area contributed by atoms with E-state index >= 15 is 0 Å². The maximum absolute atomic E-state index is 13.4. The van der Waals surface area contributed by atoms with Gasteiger partial charge in [0.25, 0.3) is 0 Å². The molecular formula is C23H38N8O8. The number of guanidine groups is 1. The smallest absolute Gasteiger partial charge is 0.326 e. The summed E-state index contributed by atoms with van der Waals surface area (Å²) in [7, 11) is 0. The van der Waals surface area contributed by atoms with Crippen molar-refractivity contribution in [1.82, 2.24) is 26.6 Å². The largest absolute Gasteiger partial charge is 0.480 e. The number of nitrogens with zero attached hydrogens (tertiary/aromatic N) is 1. The molecule has 1 saturated heterocycles. The number of urea groups is 1. The van der Waals surface area contributed by atoms with E-state index in [1.54, 1.807) is 13.8 Å². The van der Waals surface area contributed by atoms with E-state index in [4.69, 9.17) is 16.2 Å². The molecule has 2 aliphatic rings. The van der Waals surface area contributed by atoms with Gasteiger partial charge in [-0.3, -0.25) is 24.2 Å². The Hall–Kier alpha value is -3.95. The van der Waals surface area contributed by atoms with Gasteiger partial charge in [-0.25, -0.2) is 9.59 Å². The molecule has 0 aliphatic carbocycles. The van der Waals surface area contributed by atoms with Crippen molar-refractivity contribution in [2.24, 2.45) is 22.4 Å². The fourth-order valence-electron chi connectivity index (χ4n) is 3.96. The molecule has 39 heavy (non-hydrogen) atoms. The van der Waals surface area contributed by atoms with Gasteiger partial charge in [0, 0.05) is 13.0 Å². The number of ketones is 1. The second-order valence-corrected chi connectivity index (χ2v) is 9.94. The highest BCUT2D eigenvalue weighted by Crippen LogP contribution is 2.13. The zero-order valence-electron chi connectivity index (χ0n) is 22.2. The summed E-state index contributed by atoms with van der Waals surface area (Å²) in [5, 5.41) is 22.1. The molecule has 1 fully saturated rings. The zero-order valence-corrected chi connectivity index (χ0v) is 22.2. The maximum Gasteiger partial charge on any atom is 0.326 e. The minimum atomic E-state index is -1.32. The predicted molar refractivity (Wildman–Crippen MR) is 137 cm³/mol. The molecular weight excluding hydrogens is 516 g/mol. The number of hydrogen-bond acceptors (Lipinski definition) is 10. The van der Waals surface area contributed by atoms with Crippen LogP contribution in [0.1, 0.15) is 46.5 Å². The van der Waals surface area contributed by atoms with Crippen LogP contribution in [0.3, 0.4) is 0 Å². The number of carbonyl (C=O) groups is 6. The second kappa shape index (κ2) is 14.3. The Morgan fingerprint density at radius 3 is 2.26 bits per heavy atom. The van der Waals surface area contributed by atoms with Crippen molar-refractivity contribution in [1.29, 1.82) is 0 Å². The van der Waals surface area contributed by atoms with Crippen LogP contribution in [0.15, 0.2) is 4.99 Å². The number of nitrogens with one attached hydrogen (secondary N) is 5. The Morgan fingerprint density at radius 1 is 1.05 bits per heavy atom. The van der Waals surface area contributed by atoms with Gasteiger partial charge in [-0.2, -0.15) is 0 Å². The van der Waals surface area contributed by atoms with Crippen LogP contribution in [-0.4, -0.2) is 96.0 Å². The number of amides is 5. The van der Waals surface area contributed by atoms with Crippen molar-refractivity contribution in [2.75, 3.05) is 13.2 Å². The zero-order chi connectivity index (χ0) is 29.3. The standard InChI is InChI=1S/C23H38N8O8/c1-10(2)8-14(21(36)37)30-23(38)31-17(12-6-7-26-22(25)29-12)20(35)28-13(4-5-16(24)32)19(34)27-11(3)18(33)15-9-39-15/h10-15,17H,4-9H2,1-3H3,(H2,24,32)(H,27,34)(H,28,35)(H,36,37)(H3,25,26,29)(H2,30,31,38). The number of ether oxygens (including phenoxy) is 1. The summed E-state index contributed by atoms with van der Waals surface area (Å²) in [6.45, 7) is 5.56. The van der Waals surface area contributed by atoms with Crippen LogP contribution in [0, 0.1) is 5.92 Å². The normalized spacial score (nSPS) is 21.2. The van der Waals surface area contributed by atoms with Crippen molar-refractivity contribution >= 4 is 41.5 Å². The van der Waals surface area contributed by atoms with E-state index in [9.17, 15) is 33.9 Å². The molecule has 0 bridgehead atoms. The first-order valence-corrected chi connectivity index (χ1v) is 12.7. The number of carbonyl (C=O) groups excluding carboxylic acids is 5. The molecule has 16 heteroatoms. The van der Waals surface area contributed by atoms with Gasteiger partial charge in [0.15, 0.2) is 11.7 Å². The summed E-state index contributed by atoms with van der Waals surface area (Å²) < 4.78 is 4.94. The van der Waals surface area contributed by atoms with Gasteiger partial charge < -0.3 is 47.9 Å². The van der Waals surface area contributed by atoms with E-state index in [2.05, 4.69) is 31.6 Å². The first-order valence-electron chi connectivity index (χ1n) is 12.7. The fraction of sp³-hybridized carbons (Fsp3) is 0.696. The number of nitrogens with two attached hydrogens (primary N) is 2. The van der Waals surface area contributed by atoms with Gasteiger partial charge in [0.1, 0.15) is 24.2 Å². The molecule has 2 rings (SSSR count). The average Bonchev–Trinajstić information content (AvgIpc) is 3.69. The SMILES string of the molecule is CC(C)CC(NC(=O)NC(C(=O)NC(CCC(N)=O)C(=O)NC(C)C(=O)C1CO1)C1CCN=C(N)N1)C(=O)O. The molecule has 0 saturated carbocycles. The average molecular weight is 555 g/mol. The van der Waals surface area contributed by atoms with Gasteiger partial charge in [0.05, 0.1) is 18.7 Å². The van der Waals surface area contributed by atoms with Gasteiger partial charge in [-0.15, -0.1) is 0 Å². The molecule has 0 aromatic carbocycles. The molecule has 218 valence electrons. The Morgan fingerprint density at radius 2 is 1.72 bits per heavy atom. The highest BCUT2D eigenvalue weighted by Gasteiger charge is 2.38. The van der Waals surface area contributed by atoms with Crippen molar-refractivity contribution in [3.63, 3.8) is 0 Å². The predicted octanol–water partition coefficient (Wildman–Crippen LogP) is -2.95. The second-order valence-electron chi connectivity index (χ2n) is 9.94. The minimum absolute atomic E-state index is 0.0344. The summed E-state index contributed by atoms with van der Waals surface area (Å²) >= 11 is 0. The molecule has 16 nitrogen and oxygen atoms in total. The molecule has 6 unspecified atom stereocenters. The number of carboxylic acids is 1. The first-order chi connectivity index (χ1) is 18.3. The van der Waals surface area contributed by atoms with E-state index in [-0.39, 0.29) is 56.5 Å². The van der Waals surface area contributed by atoms with Crippen molar-refractivity contribution in [2.45, 2.75) is 82.8 Å². The number of aliphatic carboxylic acids is 1. The summed E-state index contributed by atoms with van der Waals surface area (Å²) in [6, 6.07) is -6.40. The highest BCUT2D eigenvalue weighted by atomic mass is 16.6. The number of aliphatic imine (C=N–C) groups is 1. The van der Waals surface area contributed by atoms with Crippen molar-refractivity contribution < 1.29 is 38.6 Å². The third-order valence-electron chi connectivity index (χ3n) is 6.09. The van der Waals surface area contributed by atoms with Gasteiger partial charge in [-0.05, 0) is 32.1 Å². The number of primary amides is 1. The van der Waals surface area contributed by atoms with Crippen molar-refractivity contribution in [3.05, 3.63) is 0 Å². The Kier molecular flexibility index (Phi) is 11.4. The third kappa shape index (κ3) is 10.4. The molecule has 5 amide bonds. The first kappa shape index (κ1) is 31.3. The van der Waals surface area contributed by atoms with Gasteiger partial charge >= 0.3 is 12.0 Å². The fourth-order valence-corrected chi connectivity index (χ4v) is 3.96. The van der Waals surface area contributed by atoms with Crippen LogP contribution in [0.4, 0.5) is 4.79 Å². The van der Waals surface area contributed by atoms with E-state index in [1.165, 1.54) is 6.92 Å². The number of epoxide rings is 1. The van der Waals surface area contributed by atoms with E-state index in [0.29, 0.717) is 0 Å². The van der Waals surface area contributed by atoms with Crippen LogP contribution in [0.25, 0.3) is 0 Å². The van der Waals surface area contributed by atoms with Crippen LogP contribution in [0.2, 0.25) is 0 Å². The van der Waals surface area contributed by atoms with Crippen molar-refractivity contribution in [3.8, 4) is 0 Å². The summed E-state index contributed by atoms with van der Waals surface area (Å²) in [5.41, 5.74) is 11.0. The minimum Gasteiger partial charge on any atom is -0.480 e. The number of Topliss-reactive ketones (excluding diaryl/α,β-unsaturated/α-hetero) is 1. The topological polar surface area (TPSA) is 260 Å². The lowest BCUT2D eigenvalue weighted by Gasteiger charge is -2.32. The number of hydrogen-bond donors (Lipinski definition) is 8.